The van der Waals surface area contributed by atoms with Crippen LogP contribution >= 0.6 is 34.8 Å². The van der Waals surface area contributed by atoms with Crippen LogP contribution in [-0.4, -0.2) is 27.2 Å². The van der Waals surface area contributed by atoms with Gasteiger partial charge in [-0.25, -0.2) is 4.79 Å². The van der Waals surface area contributed by atoms with E-state index in [1.165, 1.54) is 0 Å². The summed E-state index contributed by atoms with van der Waals surface area (Å²) < 4.78 is 2.64. The van der Waals surface area contributed by atoms with Gasteiger partial charge in [0.25, 0.3) is 0 Å². The first-order chi connectivity index (χ1) is 9.29. The van der Waals surface area contributed by atoms with Crippen LogP contribution in [0.5, 0.6) is 0 Å². The predicted octanol–water partition coefficient (Wildman–Crippen LogP) is 3.91. The maximum Gasteiger partial charge on any atom is 0.343 e. The summed E-state index contributed by atoms with van der Waals surface area (Å²) in [4.78, 5) is 11.9. The molecule has 108 valence electrons. The van der Waals surface area contributed by atoms with Crippen molar-refractivity contribution in [3.05, 3.63) is 41.5 Å². The number of rotatable bonds is 4. The third-order valence-electron chi connectivity index (χ3n) is 2.30. The normalized spacial score (nSPS) is 12.6. The number of carbonyl (C=O) groups is 1. The Kier molecular flexibility index (Phi) is 5.87. The summed E-state index contributed by atoms with van der Waals surface area (Å²) in [6.45, 7) is 1.66. The Morgan fingerprint density at radius 3 is 2.30 bits per heavy atom. The molecule has 0 aliphatic heterocycles. The van der Waals surface area contributed by atoms with Gasteiger partial charge in [-0.05, 0) is 6.92 Å². The van der Waals surface area contributed by atoms with Crippen molar-refractivity contribution in [2.45, 2.75) is 10.7 Å². The van der Waals surface area contributed by atoms with Crippen molar-refractivity contribution >= 4 is 52.2 Å². The first-order valence-corrected chi connectivity index (χ1v) is 6.74. The van der Waals surface area contributed by atoms with Crippen molar-refractivity contribution in [3.8, 4) is 0 Å². The van der Waals surface area contributed by atoms with Crippen LogP contribution in [0, 0.1) is 5.41 Å². The van der Waals surface area contributed by atoms with Crippen molar-refractivity contribution in [3.63, 3.8) is 0 Å². The number of esters is 1. The molecule has 0 saturated heterocycles. The molecule has 0 aromatic heterocycles. The van der Waals surface area contributed by atoms with Crippen LogP contribution in [-0.2, 0) is 9.53 Å². The molecule has 7 heteroatoms. The molecule has 0 aliphatic carbocycles. The minimum atomic E-state index is -2.15. The van der Waals surface area contributed by atoms with Crippen molar-refractivity contribution < 1.29 is 14.6 Å². The molecule has 0 fully saturated rings. The van der Waals surface area contributed by atoms with E-state index in [-0.39, 0.29) is 6.61 Å². The summed E-state index contributed by atoms with van der Waals surface area (Å²) in [5, 5.41) is 17.9. The zero-order chi connectivity index (χ0) is 15.3. The molecule has 2 N–H and O–H groups in total. The molecule has 0 saturated carbocycles. The number of hydrogen-bond acceptors (Lipinski definition) is 4. The van der Waals surface area contributed by atoms with Crippen LogP contribution in [0.25, 0.3) is 5.76 Å². The second kappa shape index (κ2) is 6.97. The minimum Gasteiger partial charge on any atom is -0.506 e. The lowest BCUT2D eigenvalue weighted by atomic mass is 10.0. The van der Waals surface area contributed by atoms with Crippen LogP contribution in [0.1, 0.15) is 12.5 Å². The van der Waals surface area contributed by atoms with Crippen LogP contribution < -0.4 is 0 Å². The van der Waals surface area contributed by atoms with Gasteiger partial charge in [0.15, 0.2) is 0 Å². The summed E-state index contributed by atoms with van der Waals surface area (Å²) in [6.07, 6.45) is 0. The largest absolute Gasteiger partial charge is 0.506 e. The number of carbonyl (C=O) groups excluding carboxylic acids is 1. The Morgan fingerprint density at radius 1 is 1.30 bits per heavy atom. The first kappa shape index (κ1) is 16.8. The molecule has 0 unspecified atom stereocenters. The van der Waals surface area contributed by atoms with E-state index in [0.717, 1.165) is 0 Å². The van der Waals surface area contributed by atoms with E-state index < -0.39 is 26.8 Å². The Morgan fingerprint density at radius 2 is 1.85 bits per heavy atom. The summed E-state index contributed by atoms with van der Waals surface area (Å²) in [7, 11) is 0. The van der Waals surface area contributed by atoms with Gasteiger partial charge >= 0.3 is 5.97 Å². The summed E-state index contributed by atoms with van der Waals surface area (Å²) in [5.74, 6) is -1.40. The molecule has 0 atom stereocenters. The molecule has 4 nitrogen and oxygen atoms in total. The first-order valence-electron chi connectivity index (χ1n) is 5.61. The van der Waals surface area contributed by atoms with Gasteiger partial charge in [0.05, 0.1) is 6.61 Å². The molecule has 0 radical (unpaired) electrons. The van der Waals surface area contributed by atoms with Crippen LogP contribution in [0.15, 0.2) is 35.9 Å². The number of alkyl halides is 3. The molecule has 1 aromatic carbocycles. The van der Waals surface area contributed by atoms with Gasteiger partial charge in [-0.1, -0.05) is 65.1 Å². The van der Waals surface area contributed by atoms with Gasteiger partial charge in [0.1, 0.15) is 17.0 Å². The van der Waals surface area contributed by atoms with E-state index >= 15 is 0 Å². The highest BCUT2D eigenvalue weighted by Gasteiger charge is 2.35. The molecule has 0 bridgehead atoms. The number of nitrogens with one attached hydrogen (secondary N) is 1. The van der Waals surface area contributed by atoms with Gasteiger partial charge < -0.3 is 9.84 Å². The van der Waals surface area contributed by atoms with Gasteiger partial charge in [-0.2, -0.15) is 0 Å². The average Bonchev–Trinajstić information content (AvgIpc) is 2.39. The average molecular weight is 337 g/mol. The van der Waals surface area contributed by atoms with Crippen molar-refractivity contribution in [2.75, 3.05) is 6.61 Å². The molecule has 0 spiro atoms. The number of ether oxygens (including phenoxy) is 1. The Bertz CT molecular complexity index is 536. The Balaban J connectivity index is 3.37. The molecular weight excluding hydrogens is 325 g/mol. The SMILES string of the molecule is CCOC(=O)/C(C(=N)C(Cl)(Cl)Cl)=C(\O)c1ccccc1. The highest BCUT2D eigenvalue weighted by Crippen LogP contribution is 2.33. The van der Waals surface area contributed by atoms with E-state index in [2.05, 4.69) is 0 Å². The summed E-state index contributed by atoms with van der Waals surface area (Å²) >= 11 is 16.8. The smallest absolute Gasteiger partial charge is 0.343 e. The maximum atomic E-state index is 11.9. The lowest BCUT2D eigenvalue weighted by Gasteiger charge is -2.16. The van der Waals surface area contributed by atoms with Gasteiger partial charge in [-0.15, -0.1) is 0 Å². The Labute approximate surface area is 131 Å². The fourth-order valence-corrected chi connectivity index (χ4v) is 1.69. The fraction of sp³-hybridized carbons (Fsp3) is 0.231. The number of benzene rings is 1. The van der Waals surface area contributed by atoms with Crippen LogP contribution in [0.2, 0.25) is 0 Å². The Hall–Kier alpha value is -1.23. The second-order valence-corrected chi connectivity index (χ2v) is 5.96. The summed E-state index contributed by atoms with van der Waals surface area (Å²) in [5.41, 5.74) is -0.810. The third kappa shape index (κ3) is 4.13. The van der Waals surface area contributed by atoms with E-state index in [9.17, 15) is 9.90 Å². The second-order valence-electron chi connectivity index (χ2n) is 3.68. The van der Waals surface area contributed by atoms with Crippen LogP contribution in [0.4, 0.5) is 0 Å². The fourth-order valence-electron chi connectivity index (χ4n) is 1.40. The van der Waals surface area contributed by atoms with Crippen molar-refractivity contribution in [2.24, 2.45) is 0 Å². The third-order valence-corrected chi connectivity index (χ3v) is 2.86. The zero-order valence-electron chi connectivity index (χ0n) is 10.5. The lowest BCUT2D eigenvalue weighted by Crippen LogP contribution is -2.27. The van der Waals surface area contributed by atoms with Crippen molar-refractivity contribution in [1.29, 1.82) is 5.41 Å². The minimum absolute atomic E-state index is 0.0670. The number of halogens is 3. The number of hydrogen-bond donors (Lipinski definition) is 2. The molecule has 1 rings (SSSR count). The number of aliphatic hydroxyl groups excluding tert-OH is 1. The van der Waals surface area contributed by atoms with E-state index in [0.29, 0.717) is 5.56 Å². The summed E-state index contributed by atoms with van der Waals surface area (Å²) in [6, 6.07) is 8.17. The molecule has 0 aliphatic rings. The van der Waals surface area contributed by atoms with Crippen molar-refractivity contribution in [1.82, 2.24) is 0 Å². The van der Waals surface area contributed by atoms with Gasteiger partial charge in [-0.3, -0.25) is 5.41 Å². The predicted molar refractivity (Wildman–Crippen MR) is 80.6 cm³/mol. The maximum absolute atomic E-state index is 11.9. The van der Waals surface area contributed by atoms with Crippen LogP contribution in [0.3, 0.4) is 0 Å². The molecule has 20 heavy (non-hydrogen) atoms. The monoisotopic (exact) mass is 335 g/mol. The van der Waals surface area contributed by atoms with E-state index in [4.69, 9.17) is 44.9 Å². The zero-order valence-corrected chi connectivity index (χ0v) is 12.8. The number of aliphatic hydroxyl groups is 1. The quantitative estimate of drug-likeness (QED) is 0.288. The van der Waals surface area contributed by atoms with E-state index in [1.54, 1.807) is 37.3 Å². The molecule has 0 heterocycles. The highest BCUT2D eigenvalue weighted by atomic mass is 35.6. The molecule has 1 aromatic rings. The lowest BCUT2D eigenvalue weighted by molar-refractivity contribution is -0.137. The molecular formula is C13H12Cl3NO3. The topological polar surface area (TPSA) is 70.4 Å². The standard InChI is InChI=1S/C13H12Cl3NO3/c1-2-20-12(19)9(11(17)13(14,15)16)10(18)8-6-4-3-5-7-8/h3-7,17-18H,2H2,1H3/b10-9-,17-11?. The van der Waals surface area contributed by atoms with Gasteiger partial charge in [0.2, 0.25) is 3.79 Å². The highest BCUT2D eigenvalue weighted by molar-refractivity contribution is 6.78. The van der Waals surface area contributed by atoms with E-state index in [1.807, 2.05) is 0 Å². The molecule has 0 amide bonds. The van der Waals surface area contributed by atoms with Gasteiger partial charge in [0, 0.05) is 5.56 Å².